The van der Waals surface area contributed by atoms with E-state index in [2.05, 4.69) is 10.1 Å². The first-order chi connectivity index (χ1) is 9.72. The number of furan rings is 1. The van der Waals surface area contributed by atoms with Gasteiger partial charge in [-0.25, -0.2) is 0 Å². The Balaban J connectivity index is 1.68. The van der Waals surface area contributed by atoms with E-state index in [1.807, 2.05) is 0 Å². The molecule has 0 saturated heterocycles. The molecule has 0 aliphatic rings. The Labute approximate surface area is 124 Å². The van der Waals surface area contributed by atoms with E-state index in [-0.39, 0.29) is 6.61 Å². The number of benzene rings is 1. The summed E-state index contributed by atoms with van der Waals surface area (Å²) in [5.41, 5.74) is 0. The summed E-state index contributed by atoms with van der Waals surface area (Å²) in [6.07, 6.45) is 1.53. The van der Waals surface area contributed by atoms with Gasteiger partial charge in [-0.15, -0.1) is 0 Å². The zero-order valence-electron chi connectivity index (χ0n) is 10.0. The van der Waals surface area contributed by atoms with E-state index >= 15 is 0 Å². The highest BCUT2D eigenvalue weighted by Gasteiger charge is 2.11. The summed E-state index contributed by atoms with van der Waals surface area (Å²) < 4.78 is 15.7. The van der Waals surface area contributed by atoms with Crippen molar-refractivity contribution in [2.45, 2.75) is 6.61 Å². The van der Waals surface area contributed by atoms with Crippen LogP contribution in [0.2, 0.25) is 10.0 Å². The Hall–Kier alpha value is -1.98. The number of halogens is 2. The van der Waals surface area contributed by atoms with Crippen molar-refractivity contribution in [2.24, 2.45) is 0 Å². The predicted octanol–water partition coefficient (Wildman–Crippen LogP) is 4.22. The summed E-state index contributed by atoms with van der Waals surface area (Å²) in [4.78, 5) is 4.15. The minimum Gasteiger partial charge on any atom is -0.485 e. The first kappa shape index (κ1) is 13.0. The third kappa shape index (κ3) is 2.79. The molecule has 1 aromatic carbocycles. The predicted molar refractivity (Wildman–Crippen MR) is 72.8 cm³/mol. The highest BCUT2D eigenvalue weighted by Crippen LogP contribution is 2.26. The Morgan fingerprint density at radius 3 is 2.80 bits per heavy atom. The fourth-order valence-electron chi connectivity index (χ4n) is 1.53. The monoisotopic (exact) mass is 310 g/mol. The van der Waals surface area contributed by atoms with Crippen LogP contribution in [0, 0.1) is 0 Å². The molecule has 2 heterocycles. The van der Waals surface area contributed by atoms with Crippen LogP contribution in [0.1, 0.15) is 5.82 Å². The van der Waals surface area contributed by atoms with E-state index in [0.717, 1.165) is 0 Å². The van der Waals surface area contributed by atoms with Gasteiger partial charge in [0, 0.05) is 6.07 Å². The van der Waals surface area contributed by atoms with Gasteiger partial charge in [-0.3, -0.25) is 0 Å². The fourth-order valence-corrected chi connectivity index (χ4v) is 1.82. The summed E-state index contributed by atoms with van der Waals surface area (Å²) in [6.45, 7) is 0.155. The number of aromatic nitrogens is 2. The van der Waals surface area contributed by atoms with Crippen molar-refractivity contribution in [2.75, 3.05) is 0 Å². The molecule has 0 spiro atoms. The SMILES string of the molecule is Clc1ccc(OCc2noc(-c3ccco3)n2)cc1Cl. The van der Waals surface area contributed by atoms with Gasteiger partial charge in [0.05, 0.1) is 16.3 Å². The normalized spacial score (nSPS) is 10.7. The topological polar surface area (TPSA) is 61.3 Å². The van der Waals surface area contributed by atoms with Crippen LogP contribution < -0.4 is 4.74 Å². The maximum atomic E-state index is 5.89. The largest absolute Gasteiger partial charge is 0.485 e. The van der Waals surface area contributed by atoms with Crippen LogP contribution in [0.15, 0.2) is 45.5 Å². The van der Waals surface area contributed by atoms with Gasteiger partial charge in [-0.1, -0.05) is 28.4 Å². The minimum atomic E-state index is 0.155. The summed E-state index contributed by atoms with van der Waals surface area (Å²) >= 11 is 11.7. The molecule has 0 bridgehead atoms. The molecule has 20 heavy (non-hydrogen) atoms. The average Bonchev–Trinajstić information content (AvgIpc) is 3.09. The third-order valence-corrected chi connectivity index (χ3v) is 3.20. The van der Waals surface area contributed by atoms with Crippen molar-refractivity contribution < 1.29 is 13.7 Å². The van der Waals surface area contributed by atoms with Crippen molar-refractivity contribution >= 4 is 23.2 Å². The summed E-state index contributed by atoms with van der Waals surface area (Å²) in [6, 6.07) is 8.46. The van der Waals surface area contributed by atoms with Gasteiger partial charge < -0.3 is 13.7 Å². The number of hydrogen-bond donors (Lipinski definition) is 0. The van der Waals surface area contributed by atoms with E-state index in [0.29, 0.717) is 33.3 Å². The van der Waals surface area contributed by atoms with Gasteiger partial charge in [-0.2, -0.15) is 4.98 Å². The first-order valence-corrected chi connectivity index (χ1v) is 6.42. The highest BCUT2D eigenvalue weighted by molar-refractivity contribution is 6.42. The molecule has 3 aromatic rings. The van der Waals surface area contributed by atoms with Crippen molar-refractivity contribution in [3.63, 3.8) is 0 Å². The lowest BCUT2D eigenvalue weighted by Crippen LogP contribution is -1.97. The zero-order chi connectivity index (χ0) is 13.9. The molecule has 0 radical (unpaired) electrons. The van der Waals surface area contributed by atoms with Crippen LogP contribution in [-0.4, -0.2) is 10.1 Å². The van der Waals surface area contributed by atoms with E-state index in [9.17, 15) is 0 Å². The van der Waals surface area contributed by atoms with Gasteiger partial charge >= 0.3 is 0 Å². The molecule has 102 valence electrons. The summed E-state index contributed by atoms with van der Waals surface area (Å²) in [5.74, 6) is 1.80. The fraction of sp³-hybridized carbons (Fsp3) is 0.0769. The molecule has 0 aliphatic carbocycles. The van der Waals surface area contributed by atoms with Gasteiger partial charge in [0.1, 0.15) is 5.75 Å². The molecule has 2 aromatic heterocycles. The molecular weight excluding hydrogens is 303 g/mol. The maximum Gasteiger partial charge on any atom is 0.293 e. The third-order valence-electron chi connectivity index (χ3n) is 2.46. The lowest BCUT2D eigenvalue weighted by atomic mass is 10.3. The van der Waals surface area contributed by atoms with E-state index in [1.54, 1.807) is 30.3 Å². The van der Waals surface area contributed by atoms with Crippen molar-refractivity contribution in [3.05, 3.63) is 52.5 Å². The van der Waals surface area contributed by atoms with Crippen LogP contribution >= 0.6 is 23.2 Å². The number of rotatable bonds is 4. The molecule has 0 N–H and O–H groups in total. The second-order valence-corrected chi connectivity index (χ2v) is 4.67. The number of ether oxygens (including phenoxy) is 1. The minimum absolute atomic E-state index is 0.155. The molecule has 0 saturated carbocycles. The van der Waals surface area contributed by atoms with Gasteiger partial charge in [-0.05, 0) is 24.3 Å². The molecule has 0 fully saturated rings. The van der Waals surface area contributed by atoms with Gasteiger partial charge in [0.25, 0.3) is 5.89 Å². The van der Waals surface area contributed by atoms with Crippen LogP contribution in [0.25, 0.3) is 11.7 Å². The van der Waals surface area contributed by atoms with Gasteiger partial charge in [0.2, 0.25) is 5.82 Å². The van der Waals surface area contributed by atoms with Crippen LogP contribution in [0.3, 0.4) is 0 Å². The maximum absolute atomic E-state index is 5.89. The van der Waals surface area contributed by atoms with E-state index in [4.69, 9.17) is 36.9 Å². The van der Waals surface area contributed by atoms with Crippen molar-refractivity contribution in [3.8, 4) is 17.4 Å². The smallest absolute Gasteiger partial charge is 0.293 e. The second kappa shape index (κ2) is 5.56. The molecule has 0 aliphatic heterocycles. The second-order valence-electron chi connectivity index (χ2n) is 3.86. The summed E-state index contributed by atoms with van der Waals surface area (Å²) in [5, 5.41) is 4.69. The lowest BCUT2D eigenvalue weighted by molar-refractivity contribution is 0.287. The molecule has 5 nitrogen and oxygen atoms in total. The van der Waals surface area contributed by atoms with Crippen LogP contribution in [-0.2, 0) is 6.61 Å². The molecular formula is C13H8Cl2N2O3. The zero-order valence-corrected chi connectivity index (χ0v) is 11.6. The quantitative estimate of drug-likeness (QED) is 0.722. The standard InChI is InChI=1S/C13H8Cl2N2O3/c14-9-4-3-8(6-10(9)15)19-7-12-16-13(20-17-12)11-2-1-5-18-11/h1-6H,7H2. The van der Waals surface area contributed by atoms with Gasteiger partial charge in [0.15, 0.2) is 12.4 Å². The Kier molecular flexibility index (Phi) is 3.62. The molecule has 7 heteroatoms. The Morgan fingerprint density at radius 1 is 1.15 bits per heavy atom. The molecule has 0 amide bonds. The van der Waals surface area contributed by atoms with E-state index in [1.165, 1.54) is 6.26 Å². The number of hydrogen-bond acceptors (Lipinski definition) is 5. The van der Waals surface area contributed by atoms with Crippen molar-refractivity contribution in [1.82, 2.24) is 10.1 Å². The first-order valence-electron chi connectivity index (χ1n) is 5.67. The highest BCUT2D eigenvalue weighted by atomic mass is 35.5. The average molecular weight is 311 g/mol. The summed E-state index contributed by atoms with van der Waals surface area (Å²) in [7, 11) is 0. The number of nitrogens with zero attached hydrogens (tertiary/aromatic N) is 2. The van der Waals surface area contributed by atoms with Crippen LogP contribution in [0.5, 0.6) is 5.75 Å². The van der Waals surface area contributed by atoms with E-state index < -0.39 is 0 Å². The molecule has 3 rings (SSSR count). The van der Waals surface area contributed by atoms with Crippen molar-refractivity contribution in [1.29, 1.82) is 0 Å². The van der Waals surface area contributed by atoms with Crippen LogP contribution in [0.4, 0.5) is 0 Å². The lowest BCUT2D eigenvalue weighted by Gasteiger charge is -2.04. The molecule has 0 unspecified atom stereocenters. The Bertz CT molecular complexity index is 710. The molecule has 0 atom stereocenters. The Morgan fingerprint density at radius 2 is 2.05 bits per heavy atom.